The largest absolute Gasteiger partial charge is 0.450 e. The third kappa shape index (κ3) is 2.54. The highest BCUT2D eigenvalue weighted by Crippen LogP contribution is 1.90. The van der Waals surface area contributed by atoms with Gasteiger partial charge in [-0.15, -0.1) is 0 Å². The summed E-state index contributed by atoms with van der Waals surface area (Å²) in [5.41, 5.74) is 0. The predicted molar refractivity (Wildman–Crippen MR) is 27.5 cm³/mol. The Labute approximate surface area is 44.0 Å². The van der Waals surface area contributed by atoms with Gasteiger partial charge in [-0.1, -0.05) is 0 Å². The minimum atomic E-state index is -1.02. The van der Waals surface area contributed by atoms with E-state index in [1.54, 1.807) is 9.47 Å². The normalized spacial score (nSPS) is 13.0. The van der Waals surface area contributed by atoms with Crippen LogP contribution in [0.15, 0.2) is 0 Å². The van der Waals surface area contributed by atoms with E-state index < -0.39 is 12.1 Å². The molecular formula is C3H7O3P. The number of aliphatic hydroxyl groups excluding tert-OH is 1. The first-order valence-electron chi connectivity index (χ1n) is 1.77. The summed E-state index contributed by atoms with van der Waals surface area (Å²) in [6.45, 7) is 1.34. The molecule has 0 aromatic rings. The van der Waals surface area contributed by atoms with E-state index in [1.165, 1.54) is 6.92 Å². The van der Waals surface area contributed by atoms with E-state index in [0.717, 1.165) is 0 Å². The van der Waals surface area contributed by atoms with Crippen molar-refractivity contribution in [3.63, 3.8) is 0 Å². The first kappa shape index (κ1) is 6.86. The van der Waals surface area contributed by atoms with Crippen LogP contribution in [0.2, 0.25) is 0 Å². The van der Waals surface area contributed by atoms with Gasteiger partial charge in [0, 0.05) is 0 Å². The summed E-state index contributed by atoms with van der Waals surface area (Å²) < 4.78 is 4.04. The second-order valence-corrected chi connectivity index (χ2v) is 1.35. The highest BCUT2D eigenvalue weighted by Gasteiger charge is 2.05. The van der Waals surface area contributed by atoms with E-state index in [9.17, 15) is 4.79 Å². The average Bonchev–Trinajstić information content (AvgIpc) is 1.65. The monoisotopic (exact) mass is 122 g/mol. The molecule has 0 rings (SSSR count). The predicted octanol–water partition coefficient (Wildman–Crippen LogP) is -0.300. The molecule has 3 nitrogen and oxygen atoms in total. The van der Waals surface area contributed by atoms with Gasteiger partial charge in [-0.25, -0.2) is 4.79 Å². The molecule has 0 spiro atoms. The van der Waals surface area contributed by atoms with Crippen molar-refractivity contribution in [3.8, 4) is 0 Å². The minimum absolute atomic E-state index is 0.634. The summed E-state index contributed by atoms with van der Waals surface area (Å²) in [6, 6.07) is 0. The van der Waals surface area contributed by atoms with Gasteiger partial charge in [-0.05, 0) is 6.92 Å². The van der Waals surface area contributed by atoms with Crippen molar-refractivity contribution in [1.82, 2.24) is 0 Å². The molecule has 0 bridgehead atoms. The van der Waals surface area contributed by atoms with Crippen molar-refractivity contribution >= 4 is 15.4 Å². The number of aliphatic hydroxyl groups is 1. The lowest BCUT2D eigenvalue weighted by atomic mass is 10.4. The Morgan fingerprint density at radius 1 is 2.00 bits per heavy atom. The van der Waals surface area contributed by atoms with Crippen LogP contribution in [-0.4, -0.2) is 17.2 Å². The molecule has 0 saturated heterocycles. The number of hydrogen-bond acceptors (Lipinski definition) is 3. The van der Waals surface area contributed by atoms with Crippen LogP contribution in [0.4, 0.5) is 0 Å². The molecule has 0 saturated carbocycles. The maximum atomic E-state index is 10.0. The Morgan fingerprint density at radius 2 is 2.43 bits per heavy atom. The van der Waals surface area contributed by atoms with Gasteiger partial charge in [0.05, 0.1) is 9.47 Å². The first-order valence-corrected chi connectivity index (χ1v) is 2.24. The summed E-state index contributed by atoms with van der Waals surface area (Å²) in [7, 11) is 1.75. The lowest BCUT2D eigenvalue weighted by Crippen LogP contribution is -2.14. The zero-order valence-corrected chi connectivity index (χ0v) is 5.07. The van der Waals surface area contributed by atoms with Crippen molar-refractivity contribution in [2.24, 2.45) is 0 Å². The van der Waals surface area contributed by atoms with Crippen LogP contribution in [0.5, 0.6) is 0 Å². The van der Waals surface area contributed by atoms with Gasteiger partial charge in [0.15, 0.2) is 0 Å². The van der Waals surface area contributed by atoms with Crippen molar-refractivity contribution in [2.45, 2.75) is 13.0 Å². The molecule has 42 valence electrons. The van der Waals surface area contributed by atoms with Crippen LogP contribution in [0.3, 0.4) is 0 Å². The molecule has 2 unspecified atom stereocenters. The zero-order chi connectivity index (χ0) is 5.86. The van der Waals surface area contributed by atoms with Crippen LogP contribution in [0.25, 0.3) is 0 Å². The highest BCUT2D eigenvalue weighted by atomic mass is 31.0. The Morgan fingerprint density at radius 3 is 2.43 bits per heavy atom. The molecule has 0 radical (unpaired) electrons. The summed E-state index contributed by atoms with van der Waals surface area (Å²) >= 11 is 0. The summed E-state index contributed by atoms with van der Waals surface area (Å²) in [5.74, 6) is -0.634. The quantitative estimate of drug-likeness (QED) is 0.485. The molecule has 1 N–H and O–H groups in total. The zero-order valence-electron chi connectivity index (χ0n) is 3.92. The molecule has 0 amide bonds. The molecular weight excluding hydrogens is 115 g/mol. The van der Waals surface area contributed by atoms with Gasteiger partial charge in [-0.2, -0.15) is 0 Å². The molecule has 0 aliphatic rings. The van der Waals surface area contributed by atoms with Crippen LogP contribution in [0, 0.1) is 0 Å². The second kappa shape index (κ2) is 2.94. The van der Waals surface area contributed by atoms with Gasteiger partial charge in [0.25, 0.3) is 0 Å². The maximum Gasteiger partial charge on any atom is 0.336 e. The lowest BCUT2D eigenvalue weighted by molar-refractivity contribution is -0.141. The first-order chi connectivity index (χ1) is 3.18. The highest BCUT2D eigenvalue weighted by molar-refractivity contribution is 7.10. The molecule has 0 aromatic carbocycles. The van der Waals surface area contributed by atoms with Gasteiger partial charge in [0.2, 0.25) is 0 Å². The smallest absolute Gasteiger partial charge is 0.336 e. The fourth-order valence-corrected chi connectivity index (χ4v) is 0.295. The summed E-state index contributed by atoms with van der Waals surface area (Å²) in [5, 5.41) is 8.33. The Kier molecular flexibility index (Phi) is 2.88. The van der Waals surface area contributed by atoms with Gasteiger partial charge < -0.3 is 9.63 Å². The Bertz CT molecular complexity index is 70.6. The SMILES string of the molecule is CC(O)C(=O)OP. The van der Waals surface area contributed by atoms with Crippen LogP contribution < -0.4 is 0 Å². The molecule has 0 aliphatic heterocycles. The van der Waals surface area contributed by atoms with E-state index in [1.807, 2.05) is 0 Å². The molecule has 0 heterocycles. The van der Waals surface area contributed by atoms with Crippen molar-refractivity contribution in [3.05, 3.63) is 0 Å². The van der Waals surface area contributed by atoms with Gasteiger partial charge in [-0.3, -0.25) is 0 Å². The molecule has 4 heteroatoms. The summed E-state index contributed by atoms with van der Waals surface area (Å²) in [6.07, 6.45) is -1.02. The standard InChI is InChI=1S/C3H7O3P/c1-2(4)3(5)6-7/h2,4H,7H2,1H3. The Hall–Kier alpha value is -0.140. The van der Waals surface area contributed by atoms with E-state index >= 15 is 0 Å². The van der Waals surface area contributed by atoms with Crippen molar-refractivity contribution in [1.29, 1.82) is 0 Å². The van der Waals surface area contributed by atoms with Crippen molar-refractivity contribution < 1.29 is 14.4 Å². The number of carbonyl (C=O) groups is 1. The average molecular weight is 122 g/mol. The van der Waals surface area contributed by atoms with Gasteiger partial charge >= 0.3 is 5.97 Å². The maximum absolute atomic E-state index is 10.0. The third-order valence-electron chi connectivity index (χ3n) is 0.457. The van der Waals surface area contributed by atoms with Crippen LogP contribution >= 0.6 is 9.47 Å². The molecule has 0 fully saturated rings. The third-order valence-corrected chi connectivity index (χ3v) is 0.690. The number of rotatable bonds is 1. The van der Waals surface area contributed by atoms with E-state index in [4.69, 9.17) is 5.11 Å². The fraction of sp³-hybridized carbons (Fsp3) is 0.667. The van der Waals surface area contributed by atoms with Crippen molar-refractivity contribution in [2.75, 3.05) is 0 Å². The lowest BCUT2D eigenvalue weighted by Gasteiger charge is -1.96. The second-order valence-electron chi connectivity index (χ2n) is 1.11. The van der Waals surface area contributed by atoms with E-state index in [0.29, 0.717) is 0 Å². The van der Waals surface area contributed by atoms with Crippen LogP contribution in [-0.2, 0) is 9.32 Å². The molecule has 7 heavy (non-hydrogen) atoms. The topological polar surface area (TPSA) is 46.5 Å². The number of hydrogen-bond donors (Lipinski definition) is 1. The number of carbonyl (C=O) groups excluding carboxylic acids is 1. The Balaban J connectivity index is 3.35. The van der Waals surface area contributed by atoms with E-state index in [2.05, 4.69) is 4.52 Å². The fourth-order valence-electron chi connectivity index (χ4n) is 0.0985. The van der Waals surface area contributed by atoms with E-state index in [-0.39, 0.29) is 0 Å². The summed E-state index contributed by atoms with van der Waals surface area (Å²) in [4.78, 5) is 10.0. The minimum Gasteiger partial charge on any atom is -0.450 e. The molecule has 2 atom stereocenters. The van der Waals surface area contributed by atoms with Crippen LogP contribution in [0.1, 0.15) is 6.92 Å². The van der Waals surface area contributed by atoms with Gasteiger partial charge in [0.1, 0.15) is 6.10 Å². The molecule has 0 aromatic heterocycles. The molecule has 0 aliphatic carbocycles.